The number of benzene rings is 2. The van der Waals surface area contributed by atoms with Crippen LogP contribution in [0.3, 0.4) is 0 Å². The first-order chi connectivity index (χ1) is 21.3. The highest BCUT2D eigenvalue weighted by Crippen LogP contribution is 2.43. The van der Waals surface area contributed by atoms with E-state index in [0.717, 1.165) is 75.7 Å². The lowest BCUT2D eigenvalue weighted by molar-refractivity contribution is 0.181. The van der Waals surface area contributed by atoms with Crippen molar-refractivity contribution >= 4 is 21.7 Å². The number of piperidine rings is 1. The van der Waals surface area contributed by atoms with Crippen LogP contribution >= 0.6 is 0 Å². The molecule has 1 N–H and O–H groups in total. The van der Waals surface area contributed by atoms with Crippen molar-refractivity contribution in [3.8, 4) is 17.0 Å². The second kappa shape index (κ2) is 11.2. The van der Waals surface area contributed by atoms with E-state index in [0.29, 0.717) is 17.6 Å². The second-order valence-corrected chi connectivity index (χ2v) is 12.5. The molecule has 4 aromatic rings. The zero-order valence-electron chi connectivity index (χ0n) is 24.8. The highest BCUT2D eigenvalue weighted by molar-refractivity contribution is 5.99. The van der Waals surface area contributed by atoms with Crippen LogP contribution < -0.4 is 0 Å². The normalized spacial score (nSPS) is 18.8. The molecule has 7 rings (SSSR count). The summed E-state index contributed by atoms with van der Waals surface area (Å²) in [6.45, 7) is 11.7. The standard InChI is InChI=1S/C35H36F3N5O/c1-3-21(2)42-16-9-22(10-17-42)32-26-20-39-33(25-19-24(44)18-23-6-7-27(36)30(37)29(23)25)31(38)34(26)41-28(40-32)8-13-35-11-4-14-43(35)15-5-12-35/h3,6-7,18-20,22,44H,1-2,4-5,8-17H2. The summed E-state index contributed by atoms with van der Waals surface area (Å²) in [4.78, 5) is 19.1. The average Bonchev–Trinajstić information content (AvgIpc) is 3.62. The van der Waals surface area contributed by atoms with Gasteiger partial charge in [0.2, 0.25) is 0 Å². The van der Waals surface area contributed by atoms with Crippen molar-refractivity contribution in [1.29, 1.82) is 0 Å². The molecule has 0 aliphatic carbocycles. The number of hydrogen-bond donors (Lipinski definition) is 1. The van der Waals surface area contributed by atoms with Crippen molar-refractivity contribution in [2.45, 2.75) is 62.8 Å². The lowest BCUT2D eigenvalue weighted by atomic mass is 9.88. The van der Waals surface area contributed by atoms with Crippen LogP contribution in [0.25, 0.3) is 32.9 Å². The van der Waals surface area contributed by atoms with Gasteiger partial charge in [-0.25, -0.2) is 23.1 Å². The van der Waals surface area contributed by atoms with Crippen molar-refractivity contribution in [1.82, 2.24) is 24.8 Å². The quantitative estimate of drug-likeness (QED) is 0.223. The van der Waals surface area contributed by atoms with Gasteiger partial charge in [0.15, 0.2) is 17.5 Å². The first-order valence-electron chi connectivity index (χ1n) is 15.6. The maximum absolute atomic E-state index is 16.7. The van der Waals surface area contributed by atoms with E-state index in [1.165, 1.54) is 31.0 Å². The Morgan fingerprint density at radius 1 is 1.02 bits per heavy atom. The van der Waals surface area contributed by atoms with Crippen LogP contribution in [0.5, 0.6) is 5.75 Å². The number of nitrogens with zero attached hydrogens (tertiary/aromatic N) is 5. The third-order valence-electron chi connectivity index (χ3n) is 10.2. The van der Waals surface area contributed by atoms with E-state index >= 15 is 8.78 Å². The van der Waals surface area contributed by atoms with E-state index in [1.807, 2.05) is 0 Å². The molecule has 2 aromatic heterocycles. The molecule has 3 fully saturated rings. The molecule has 0 saturated carbocycles. The number of allylic oxidation sites excluding steroid dienone is 1. The maximum atomic E-state index is 16.7. The van der Waals surface area contributed by atoms with Gasteiger partial charge in [-0.05, 0) is 87.7 Å². The van der Waals surface area contributed by atoms with Crippen molar-refractivity contribution in [3.05, 3.63) is 84.4 Å². The molecular formula is C35H36F3N5O. The van der Waals surface area contributed by atoms with Crippen molar-refractivity contribution in [3.63, 3.8) is 0 Å². The molecule has 0 spiro atoms. The van der Waals surface area contributed by atoms with Crippen LogP contribution in [0.1, 0.15) is 62.4 Å². The van der Waals surface area contributed by atoms with Crippen molar-refractivity contribution in [2.24, 2.45) is 0 Å². The van der Waals surface area contributed by atoms with Gasteiger partial charge in [0.1, 0.15) is 22.8 Å². The lowest BCUT2D eigenvalue weighted by Gasteiger charge is -2.34. The maximum Gasteiger partial charge on any atom is 0.175 e. The number of hydrogen-bond acceptors (Lipinski definition) is 6. The Kier molecular flexibility index (Phi) is 7.31. The lowest BCUT2D eigenvalue weighted by Crippen LogP contribution is -2.38. The minimum atomic E-state index is -1.12. The Morgan fingerprint density at radius 3 is 2.50 bits per heavy atom. The number of fused-ring (bicyclic) bond motifs is 3. The number of phenolic OH excluding ortho intramolecular Hbond substituents is 1. The number of likely N-dealkylation sites (tertiary alicyclic amines) is 1. The van der Waals surface area contributed by atoms with Gasteiger partial charge in [-0.1, -0.05) is 19.2 Å². The van der Waals surface area contributed by atoms with Gasteiger partial charge in [0.25, 0.3) is 0 Å². The molecule has 3 aliphatic heterocycles. The summed E-state index contributed by atoms with van der Waals surface area (Å²) in [5, 5.41) is 11.0. The molecule has 44 heavy (non-hydrogen) atoms. The Balaban J connectivity index is 1.34. The molecule has 3 aliphatic rings. The number of pyridine rings is 1. The zero-order chi connectivity index (χ0) is 30.6. The minimum Gasteiger partial charge on any atom is -0.508 e. The fourth-order valence-corrected chi connectivity index (χ4v) is 7.85. The summed E-state index contributed by atoms with van der Waals surface area (Å²) in [5.41, 5.74) is 1.73. The monoisotopic (exact) mass is 599 g/mol. The molecule has 3 saturated heterocycles. The molecule has 0 unspecified atom stereocenters. The van der Waals surface area contributed by atoms with E-state index in [1.54, 1.807) is 12.3 Å². The molecule has 228 valence electrons. The molecule has 0 atom stereocenters. The predicted molar refractivity (Wildman–Crippen MR) is 166 cm³/mol. The highest BCUT2D eigenvalue weighted by atomic mass is 19.2. The third kappa shape index (κ3) is 4.82. The summed E-state index contributed by atoms with van der Waals surface area (Å²) >= 11 is 0. The Hall–Kier alpha value is -3.98. The Morgan fingerprint density at radius 2 is 1.77 bits per heavy atom. The third-order valence-corrected chi connectivity index (χ3v) is 10.2. The van der Waals surface area contributed by atoms with Crippen LogP contribution in [-0.4, -0.2) is 61.6 Å². The molecule has 0 bridgehead atoms. The van der Waals surface area contributed by atoms with Crippen LogP contribution in [0.15, 0.2) is 55.4 Å². The molecule has 0 amide bonds. The fourth-order valence-electron chi connectivity index (χ4n) is 7.85. The van der Waals surface area contributed by atoms with Gasteiger partial charge >= 0.3 is 0 Å². The number of phenols is 1. The van der Waals surface area contributed by atoms with Gasteiger partial charge in [-0.3, -0.25) is 9.88 Å². The van der Waals surface area contributed by atoms with Gasteiger partial charge in [-0.15, -0.1) is 0 Å². The smallest absolute Gasteiger partial charge is 0.175 e. The van der Waals surface area contributed by atoms with Gasteiger partial charge in [-0.2, -0.15) is 0 Å². The van der Waals surface area contributed by atoms with Crippen LogP contribution in [0, 0.1) is 17.5 Å². The number of aryl methyl sites for hydroxylation is 1. The summed E-state index contributed by atoms with van der Waals surface area (Å²) in [7, 11) is 0. The van der Waals surface area contributed by atoms with E-state index in [2.05, 4.69) is 27.9 Å². The van der Waals surface area contributed by atoms with Gasteiger partial charge in [0.05, 0.1) is 5.69 Å². The van der Waals surface area contributed by atoms with Crippen LogP contribution in [-0.2, 0) is 6.42 Å². The molecular weight excluding hydrogens is 563 g/mol. The molecule has 0 radical (unpaired) electrons. The Labute approximate surface area is 254 Å². The largest absolute Gasteiger partial charge is 0.508 e. The first-order valence-corrected chi connectivity index (χ1v) is 15.6. The summed E-state index contributed by atoms with van der Waals surface area (Å²) in [5.74, 6) is -2.45. The summed E-state index contributed by atoms with van der Waals surface area (Å²) < 4.78 is 46.1. The van der Waals surface area contributed by atoms with E-state index in [-0.39, 0.29) is 44.8 Å². The molecule has 2 aromatic carbocycles. The van der Waals surface area contributed by atoms with Crippen molar-refractivity contribution < 1.29 is 18.3 Å². The SMILES string of the molecule is C=CC(=C)N1CCC(c2nc(CCC34CCCN3CCC4)nc3c(F)c(-c4cc(O)cc5ccc(F)c(F)c45)ncc23)CC1. The van der Waals surface area contributed by atoms with Gasteiger partial charge < -0.3 is 10.0 Å². The van der Waals surface area contributed by atoms with E-state index in [9.17, 15) is 9.50 Å². The second-order valence-electron chi connectivity index (χ2n) is 12.5. The number of halogens is 3. The van der Waals surface area contributed by atoms with E-state index < -0.39 is 17.5 Å². The molecule has 6 nitrogen and oxygen atoms in total. The Bertz CT molecular complexity index is 1790. The van der Waals surface area contributed by atoms with Crippen LogP contribution in [0.4, 0.5) is 13.2 Å². The number of aromatic nitrogens is 3. The average molecular weight is 600 g/mol. The first kappa shape index (κ1) is 28.8. The number of aromatic hydroxyl groups is 1. The molecule has 5 heterocycles. The highest BCUT2D eigenvalue weighted by Gasteiger charge is 2.43. The summed E-state index contributed by atoms with van der Waals surface area (Å²) in [6.07, 6.45) is 11.2. The molecule has 9 heteroatoms. The number of rotatable bonds is 7. The van der Waals surface area contributed by atoms with Gasteiger partial charge in [0, 0.05) is 59.2 Å². The van der Waals surface area contributed by atoms with E-state index in [4.69, 9.17) is 9.97 Å². The topological polar surface area (TPSA) is 65.4 Å². The van der Waals surface area contributed by atoms with Crippen LogP contribution in [0.2, 0.25) is 0 Å². The van der Waals surface area contributed by atoms with Crippen molar-refractivity contribution in [2.75, 3.05) is 26.2 Å². The zero-order valence-corrected chi connectivity index (χ0v) is 24.8. The fraction of sp³-hybridized carbons (Fsp3) is 0.400. The predicted octanol–water partition coefficient (Wildman–Crippen LogP) is 7.41. The summed E-state index contributed by atoms with van der Waals surface area (Å²) in [6, 6.07) is 4.89. The minimum absolute atomic E-state index is 0.0270.